The summed E-state index contributed by atoms with van der Waals surface area (Å²) < 4.78 is 5.86. The first-order chi connectivity index (χ1) is 9.10. The first-order valence-corrected chi connectivity index (χ1v) is 7.64. The molecule has 2 nitrogen and oxygen atoms in total. The van der Waals surface area contributed by atoms with Crippen molar-refractivity contribution in [3.63, 3.8) is 0 Å². The van der Waals surface area contributed by atoms with Gasteiger partial charge in [-0.15, -0.1) is 0 Å². The highest BCUT2D eigenvalue weighted by Gasteiger charge is 2.38. The van der Waals surface area contributed by atoms with E-state index in [0.717, 1.165) is 43.5 Å². The molecular formula is C17H25NO. The number of benzene rings is 1. The van der Waals surface area contributed by atoms with Crippen LogP contribution in [0.25, 0.3) is 0 Å². The van der Waals surface area contributed by atoms with Crippen molar-refractivity contribution in [1.29, 1.82) is 0 Å². The van der Waals surface area contributed by atoms with E-state index in [2.05, 4.69) is 32.0 Å². The summed E-state index contributed by atoms with van der Waals surface area (Å²) >= 11 is 0. The SMILES string of the molecule is CC(C)C1CCCC(N)(c2cccc3c2OCC3)C1. The van der Waals surface area contributed by atoms with Crippen molar-refractivity contribution in [2.45, 2.75) is 51.5 Å². The Labute approximate surface area is 116 Å². The van der Waals surface area contributed by atoms with Crippen LogP contribution in [0.3, 0.4) is 0 Å². The van der Waals surface area contributed by atoms with Crippen LogP contribution in [0.15, 0.2) is 18.2 Å². The lowest BCUT2D eigenvalue weighted by Gasteiger charge is -2.40. The monoisotopic (exact) mass is 259 g/mol. The van der Waals surface area contributed by atoms with Crippen molar-refractivity contribution in [2.24, 2.45) is 17.6 Å². The lowest BCUT2D eigenvalue weighted by Crippen LogP contribution is -2.42. The highest BCUT2D eigenvalue weighted by molar-refractivity contribution is 5.47. The number of para-hydroxylation sites is 1. The number of hydrogen-bond acceptors (Lipinski definition) is 2. The molecule has 2 atom stereocenters. The maximum Gasteiger partial charge on any atom is 0.127 e. The Hall–Kier alpha value is -1.02. The minimum Gasteiger partial charge on any atom is -0.493 e. The van der Waals surface area contributed by atoms with Crippen molar-refractivity contribution in [1.82, 2.24) is 0 Å². The predicted molar refractivity (Wildman–Crippen MR) is 78.3 cm³/mol. The highest BCUT2D eigenvalue weighted by Crippen LogP contribution is 2.45. The number of nitrogens with two attached hydrogens (primary N) is 1. The summed E-state index contributed by atoms with van der Waals surface area (Å²) in [5, 5.41) is 0. The Bertz CT molecular complexity index is 468. The van der Waals surface area contributed by atoms with Crippen LogP contribution in [0.5, 0.6) is 5.75 Å². The fourth-order valence-corrected chi connectivity index (χ4v) is 3.77. The van der Waals surface area contributed by atoms with Gasteiger partial charge in [-0.2, -0.15) is 0 Å². The predicted octanol–water partition coefficient (Wildman–Crippen LogP) is 3.62. The molecule has 1 fully saturated rings. The van der Waals surface area contributed by atoms with Gasteiger partial charge in [0, 0.05) is 17.5 Å². The Balaban J connectivity index is 1.94. The molecule has 0 amide bonds. The molecule has 1 saturated carbocycles. The summed E-state index contributed by atoms with van der Waals surface area (Å²) in [6.07, 6.45) is 5.79. The average molecular weight is 259 g/mol. The van der Waals surface area contributed by atoms with Crippen LogP contribution in [0.2, 0.25) is 0 Å². The van der Waals surface area contributed by atoms with E-state index in [4.69, 9.17) is 10.5 Å². The summed E-state index contributed by atoms with van der Waals surface area (Å²) in [6, 6.07) is 6.52. The summed E-state index contributed by atoms with van der Waals surface area (Å²) in [7, 11) is 0. The second-order valence-electron chi connectivity index (χ2n) is 6.65. The number of rotatable bonds is 2. The Morgan fingerprint density at radius 3 is 3.00 bits per heavy atom. The van der Waals surface area contributed by atoms with Crippen LogP contribution >= 0.6 is 0 Å². The van der Waals surface area contributed by atoms with Gasteiger partial charge >= 0.3 is 0 Å². The molecule has 1 heterocycles. The third-order valence-corrected chi connectivity index (χ3v) is 5.02. The maximum absolute atomic E-state index is 6.80. The first-order valence-electron chi connectivity index (χ1n) is 7.64. The van der Waals surface area contributed by atoms with Crippen LogP contribution in [-0.2, 0) is 12.0 Å². The summed E-state index contributed by atoms with van der Waals surface area (Å²) in [5.74, 6) is 2.56. The normalized spacial score (nSPS) is 30.2. The highest BCUT2D eigenvalue weighted by atomic mass is 16.5. The second-order valence-corrected chi connectivity index (χ2v) is 6.65. The van der Waals surface area contributed by atoms with Crippen molar-refractivity contribution >= 4 is 0 Å². The van der Waals surface area contributed by atoms with Crippen molar-refractivity contribution < 1.29 is 4.74 Å². The molecule has 0 radical (unpaired) electrons. The standard InChI is InChI=1S/C17H25NO/c1-12(2)14-6-4-9-17(18,11-14)15-7-3-5-13-8-10-19-16(13)15/h3,5,7,12,14H,4,6,8-11,18H2,1-2H3. The van der Waals surface area contributed by atoms with Gasteiger partial charge in [0.15, 0.2) is 0 Å². The van der Waals surface area contributed by atoms with Crippen LogP contribution in [0, 0.1) is 11.8 Å². The van der Waals surface area contributed by atoms with E-state index in [1.807, 2.05) is 0 Å². The van der Waals surface area contributed by atoms with E-state index < -0.39 is 0 Å². The largest absolute Gasteiger partial charge is 0.493 e. The van der Waals surface area contributed by atoms with Gasteiger partial charge in [0.05, 0.1) is 6.61 Å². The molecule has 0 spiro atoms. The third kappa shape index (κ3) is 2.27. The van der Waals surface area contributed by atoms with E-state index in [1.54, 1.807) is 0 Å². The van der Waals surface area contributed by atoms with Gasteiger partial charge < -0.3 is 10.5 Å². The number of hydrogen-bond donors (Lipinski definition) is 1. The van der Waals surface area contributed by atoms with E-state index in [-0.39, 0.29) is 5.54 Å². The van der Waals surface area contributed by atoms with Crippen LogP contribution in [0.1, 0.15) is 50.7 Å². The second kappa shape index (κ2) is 4.82. The minimum atomic E-state index is -0.178. The third-order valence-electron chi connectivity index (χ3n) is 5.02. The topological polar surface area (TPSA) is 35.2 Å². The van der Waals surface area contributed by atoms with Gasteiger partial charge in [-0.1, -0.05) is 44.9 Å². The average Bonchev–Trinajstić information content (AvgIpc) is 2.86. The number of ether oxygens (including phenoxy) is 1. The summed E-state index contributed by atoms with van der Waals surface area (Å²) in [4.78, 5) is 0. The van der Waals surface area contributed by atoms with E-state index in [0.29, 0.717) is 0 Å². The van der Waals surface area contributed by atoms with Gasteiger partial charge in [0.2, 0.25) is 0 Å². The smallest absolute Gasteiger partial charge is 0.127 e. The fraction of sp³-hybridized carbons (Fsp3) is 0.647. The van der Waals surface area contributed by atoms with Crippen LogP contribution in [0.4, 0.5) is 0 Å². The fourth-order valence-electron chi connectivity index (χ4n) is 3.77. The van der Waals surface area contributed by atoms with E-state index in [1.165, 1.54) is 24.0 Å². The van der Waals surface area contributed by atoms with Crippen molar-refractivity contribution in [2.75, 3.05) is 6.61 Å². The van der Waals surface area contributed by atoms with Crippen LogP contribution < -0.4 is 10.5 Å². The van der Waals surface area contributed by atoms with E-state index >= 15 is 0 Å². The zero-order valence-corrected chi connectivity index (χ0v) is 12.1. The zero-order chi connectivity index (χ0) is 13.5. The molecule has 0 bridgehead atoms. The molecule has 0 saturated heterocycles. The summed E-state index contributed by atoms with van der Waals surface area (Å²) in [5.41, 5.74) is 9.22. The molecule has 19 heavy (non-hydrogen) atoms. The number of fused-ring (bicyclic) bond motifs is 1. The lowest BCUT2D eigenvalue weighted by molar-refractivity contribution is 0.180. The molecule has 1 aromatic carbocycles. The molecule has 1 aromatic rings. The molecule has 2 heteroatoms. The van der Waals surface area contributed by atoms with Gasteiger partial charge in [-0.25, -0.2) is 0 Å². The molecule has 1 aliphatic heterocycles. The Morgan fingerprint density at radius 1 is 1.37 bits per heavy atom. The van der Waals surface area contributed by atoms with Gasteiger partial charge in [-0.05, 0) is 30.2 Å². The molecule has 104 valence electrons. The molecule has 1 aliphatic carbocycles. The molecule has 0 aromatic heterocycles. The minimum absolute atomic E-state index is 0.178. The van der Waals surface area contributed by atoms with E-state index in [9.17, 15) is 0 Å². The maximum atomic E-state index is 6.80. The molecular weight excluding hydrogens is 234 g/mol. The Kier molecular flexibility index (Phi) is 3.30. The Morgan fingerprint density at radius 2 is 2.21 bits per heavy atom. The van der Waals surface area contributed by atoms with Gasteiger partial charge in [0.1, 0.15) is 5.75 Å². The van der Waals surface area contributed by atoms with Crippen molar-refractivity contribution in [3.8, 4) is 5.75 Å². The first kappa shape index (κ1) is 13.0. The molecule has 2 N–H and O–H groups in total. The van der Waals surface area contributed by atoms with Crippen molar-refractivity contribution in [3.05, 3.63) is 29.3 Å². The summed E-state index contributed by atoms with van der Waals surface area (Å²) in [6.45, 7) is 5.46. The molecule has 2 aliphatic rings. The van der Waals surface area contributed by atoms with Gasteiger partial charge in [-0.3, -0.25) is 0 Å². The quantitative estimate of drug-likeness (QED) is 0.880. The lowest BCUT2D eigenvalue weighted by atomic mass is 9.69. The van der Waals surface area contributed by atoms with Crippen LogP contribution in [-0.4, -0.2) is 6.61 Å². The molecule has 2 unspecified atom stereocenters. The zero-order valence-electron chi connectivity index (χ0n) is 12.1. The van der Waals surface area contributed by atoms with Gasteiger partial charge in [0.25, 0.3) is 0 Å². The molecule has 3 rings (SSSR count).